The van der Waals surface area contributed by atoms with Crippen LogP contribution in [0.2, 0.25) is 0 Å². The largest absolute Gasteiger partial charge is 0.375 e. The van der Waals surface area contributed by atoms with Gasteiger partial charge in [0.25, 0.3) is 0 Å². The Morgan fingerprint density at radius 3 is 3.09 bits per heavy atom. The van der Waals surface area contributed by atoms with Gasteiger partial charge in [-0.3, -0.25) is 9.59 Å². The van der Waals surface area contributed by atoms with Gasteiger partial charge in [-0.15, -0.1) is 11.3 Å². The lowest BCUT2D eigenvalue weighted by atomic mass is 9.98. The average molecular weight is 325 g/mol. The summed E-state index contributed by atoms with van der Waals surface area (Å²) in [6.45, 7) is 3.80. The number of methoxy groups -OCH3 is 1. The van der Waals surface area contributed by atoms with Gasteiger partial charge < -0.3 is 15.0 Å². The summed E-state index contributed by atoms with van der Waals surface area (Å²) in [6.07, 6.45) is 2.81. The summed E-state index contributed by atoms with van der Waals surface area (Å²) in [5.74, 6) is 0.346. The number of rotatable bonds is 6. The van der Waals surface area contributed by atoms with Crippen molar-refractivity contribution in [2.75, 3.05) is 33.4 Å². The number of amides is 2. The van der Waals surface area contributed by atoms with Gasteiger partial charge in [-0.1, -0.05) is 0 Å². The minimum absolute atomic E-state index is 0.0185. The zero-order chi connectivity index (χ0) is 15.9. The van der Waals surface area contributed by atoms with E-state index in [1.165, 1.54) is 6.92 Å². The molecule has 1 saturated heterocycles. The van der Waals surface area contributed by atoms with Crippen LogP contribution in [0.1, 0.15) is 36.4 Å². The van der Waals surface area contributed by atoms with E-state index in [4.69, 9.17) is 4.74 Å². The molecule has 1 N–H and O–H groups in total. The smallest absolute Gasteiger partial charge is 0.248 e. The van der Waals surface area contributed by atoms with Crippen molar-refractivity contribution >= 4 is 23.2 Å². The molecular weight excluding hydrogens is 302 g/mol. The van der Waals surface area contributed by atoms with E-state index in [0.29, 0.717) is 12.5 Å². The third-order valence-corrected chi connectivity index (χ3v) is 4.77. The van der Waals surface area contributed by atoms with E-state index < -0.39 is 0 Å². The minimum Gasteiger partial charge on any atom is -0.375 e. The molecule has 1 aromatic rings. The topological polar surface area (TPSA) is 71.5 Å². The van der Waals surface area contributed by atoms with Crippen LogP contribution in [0, 0.1) is 0 Å². The first-order valence-corrected chi connectivity index (χ1v) is 8.43. The van der Waals surface area contributed by atoms with Crippen molar-refractivity contribution < 1.29 is 14.3 Å². The number of carbonyl (C=O) groups is 2. The van der Waals surface area contributed by atoms with Crippen molar-refractivity contribution in [2.24, 2.45) is 0 Å². The van der Waals surface area contributed by atoms with Gasteiger partial charge in [0.1, 0.15) is 6.61 Å². The highest BCUT2D eigenvalue weighted by Crippen LogP contribution is 2.29. The molecule has 7 heteroatoms. The molecule has 2 heterocycles. The van der Waals surface area contributed by atoms with Gasteiger partial charge >= 0.3 is 0 Å². The number of aromatic nitrogens is 1. The summed E-state index contributed by atoms with van der Waals surface area (Å²) in [4.78, 5) is 29.3. The lowest BCUT2D eigenvalue weighted by Gasteiger charge is -2.31. The van der Waals surface area contributed by atoms with Crippen molar-refractivity contribution in [3.05, 3.63) is 16.1 Å². The lowest BCUT2D eigenvalue weighted by molar-refractivity contribution is -0.136. The minimum atomic E-state index is -0.0185. The third kappa shape index (κ3) is 4.78. The molecule has 2 rings (SSSR count). The molecule has 1 atom stereocenters. The maximum Gasteiger partial charge on any atom is 0.248 e. The van der Waals surface area contributed by atoms with E-state index in [1.807, 2.05) is 10.3 Å². The Hall–Kier alpha value is -1.47. The molecule has 1 fully saturated rings. The molecule has 1 aliphatic rings. The van der Waals surface area contributed by atoms with Gasteiger partial charge in [-0.2, -0.15) is 0 Å². The summed E-state index contributed by atoms with van der Waals surface area (Å²) in [5.41, 5.74) is 1.01. The highest BCUT2D eigenvalue weighted by atomic mass is 32.1. The highest BCUT2D eigenvalue weighted by Gasteiger charge is 2.26. The summed E-state index contributed by atoms with van der Waals surface area (Å²) in [6, 6.07) is 0. The molecule has 1 aliphatic heterocycles. The molecular formula is C15H23N3O3S. The molecule has 2 amide bonds. The standard InChI is InChI=1S/C15H23N3O3S/c1-11(19)16-6-5-13-10-22-15(17-13)12-4-3-7-18(8-12)14(20)9-21-2/h10,12H,3-9H2,1-2H3,(H,16,19)/t12-/m0/s1. The van der Waals surface area contributed by atoms with E-state index in [-0.39, 0.29) is 18.4 Å². The van der Waals surface area contributed by atoms with Crippen LogP contribution in [0.15, 0.2) is 5.38 Å². The molecule has 0 saturated carbocycles. The Labute approximate surface area is 134 Å². The van der Waals surface area contributed by atoms with Gasteiger partial charge in [0.05, 0.1) is 10.7 Å². The monoisotopic (exact) mass is 325 g/mol. The third-order valence-electron chi connectivity index (χ3n) is 3.72. The maximum absolute atomic E-state index is 11.9. The van der Waals surface area contributed by atoms with Gasteiger partial charge in [-0.05, 0) is 12.8 Å². The number of nitrogens with one attached hydrogen (secondary N) is 1. The maximum atomic E-state index is 11.9. The average Bonchev–Trinajstić information content (AvgIpc) is 2.96. The van der Waals surface area contributed by atoms with Crippen LogP contribution in [-0.2, 0) is 20.7 Å². The van der Waals surface area contributed by atoms with Gasteiger partial charge in [0.2, 0.25) is 11.8 Å². The molecule has 122 valence electrons. The second kappa shape index (κ2) is 8.24. The number of thiazole rings is 1. The van der Waals surface area contributed by atoms with Crippen LogP contribution in [-0.4, -0.2) is 55.0 Å². The second-order valence-corrected chi connectivity index (χ2v) is 6.41. The zero-order valence-corrected chi connectivity index (χ0v) is 13.9. The molecule has 0 spiro atoms. The molecule has 0 aliphatic carbocycles. The summed E-state index contributed by atoms with van der Waals surface area (Å²) in [5, 5.41) is 5.92. The van der Waals surface area contributed by atoms with E-state index in [1.54, 1.807) is 18.4 Å². The van der Waals surface area contributed by atoms with Crippen LogP contribution in [0.5, 0.6) is 0 Å². The summed E-state index contributed by atoms with van der Waals surface area (Å²) >= 11 is 1.65. The van der Waals surface area contributed by atoms with Crippen molar-refractivity contribution in [3.63, 3.8) is 0 Å². The van der Waals surface area contributed by atoms with Gasteiger partial charge in [-0.25, -0.2) is 4.98 Å². The first kappa shape index (κ1) is 16.9. The number of nitrogens with zero attached hydrogens (tertiary/aromatic N) is 2. The molecule has 22 heavy (non-hydrogen) atoms. The van der Waals surface area contributed by atoms with E-state index in [2.05, 4.69) is 10.3 Å². The fourth-order valence-corrected chi connectivity index (χ4v) is 3.59. The van der Waals surface area contributed by atoms with Crippen molar-refractivity contribution in [1.82, 2.24) is 15.2 Å². The van der Waals surface area contributed by atoms with Crippen LogP contribution >= 0.6 is 11.3 Å². The lowest BCUT2D eigenvalue weighted by Crippen LogP contribution is -2.40. The van der Waals surface area contributed by atoms with Crippen molar-refractivity contribution in [2.45, 2.75) is 32.1 Å². The predicted octanol–water partition coefficient (Wildman–Crippen LogP) is 1.17. The van der Waals surface area contributed by atoms with Crippen LogP contribution < -0.4 is 5.32 Å². The Morgan fingerprint density at radius 2 is 2.36 bits per heavy atom. The highest BCUT2D eigenvalue weighted by molar-refractivity contribution is 7.09. The Balaban J connectivity index is 1.89. The fourth-order valence-electron chi connectivity index (χ4n) is 2.61. The summed E-state index contributed by atoms with van der Waals surface area (Å²) in [7, 11) is 1.54. The van der Waals surface area contributed by atoms with E-state index >= 15 is 0 Å². The molecule has 0 aromatic carbocycles. The number of hydrogen-bond acceptors (Lipinski definition) is 5. The predicted molar refractivity (Wildman–Crippen MR) is 84.9 cm³/mol. The number of likely N-dealkylation sites (tertiary alicyclic amines) is 1. The van der Waals surface area contributed by atoms with Crippen LogP contribution in [0.25, 0.3) is 0 Å². The van der Waals surface area contributed by atoms with Crippen LogP contribution in [0.4, 0.5) is 0 Å². The van der Waals surface area contributed by atoms with E-state index in [0.717, 1.165) is 43.1 Å². The molecule has 0 bridgehead atoms. The number of carbonyl (C=O) groups excluding carboxylic acids is 2. The number of hydrogen-bond donors (Lipinski definition) is 1. The molecule has 0 radical (unpaired) electrons. The van der Waals surface area contributed by atoms with Crippen LogP contribution in [0.3, 0.4) is 0 Å². The quantitative estimate of drug-likeness (QED) is 0.852. The van der Waals surface area contributed by atoms with Gasteiger partial charge in [0.15, 0.2) is 0 Å². The Kier molecular flexibility index (Phi) is 6.33. The normalized spacial score (nSPS) is 18.3. The number of piperidine rings is 1. The van der Waals surface area contributed by atoms with Crippen molar-refractivity contribution in [1.29, 1.82) is 0 Å². The summed E-state index contributed by atoms with van der Waals surface area (Å²) < 4.78 is 4.93. The van der Waals surface area contributed by atoms with Crippen molar-refractivity contribution in [3.8, 4) is 0 Å². The number of ether oxygens (including phenoxy) is 1. The second-order valence-electron chi connectivity index (χ2n) is 5.52. The molecule has 1 aromatic heterocycles. The molecule has 0 unspecified atom stereocenters. The first-order chi connectivity index (χ1) is 10.6. The first-order valence-electron chi connectivity index (χ1n) is 7.55. The Morgan fingerprint density at radius 1 is 1.55 bits per heavy atom. The Bertz CT molecular complexity index is 518. The van der Waals surface area contributed by atoms with E-state index in [9.17, 15) is 9.59 Å². The fraction of sp³-hybridized carbons (Fsp3) is 0.667. The zero-order valence-electron chi connectivity index (χ0n) is 13.1. The van der Waals surface area contributed by atoms with Gasteiger partial charge in [0, 0.05) is 51.4 Å². The molecule has 6 nitrogen and oxygen atoms in total. The SMILES string of the molecule is COCC(=O)N1CCC[C@H](c2nc(CCNC(C)=O)cs2)C1.